The van der Waals surface area contributed by atoms with E-state index >= 15 is 0 Å². The summed E-state index contributed by atoms with van der Waals surface area (Å²) >= 11 is 0. The van der Waals surface area contributed by atoms with E-state index in [1.807, 2.05) is 0 Å². The highest BCUT2D eigenvalue weighted by Crippen LogP contribution is 2.53. The highest BCUT2D eigenvalue weighted by Gasteiger charge is 2.45. The third-order valence-electron chi connectivity index (χ3n) is 5.34. The average Bonchev–Trinajstić information content (AvgIpc) is 2.24. The molecule has 2 aliphatic carbocycles. The Morgan fingerprint density at radius 1 is 1.44 bits per heavy atom. The minimum Gasteiger partial charge on any atom is -0.319 e. The molecular weight excluding hydrogens is 194 g/mol. The van der Waals surface area contributed by atoms with E-state index in [1.165, 1.54) is 44.2 Å². The van der Waals surface area contributed by atoms with Crippen molar-refractivity contribution < 1.29 is 0 Å². The van der Waals surface area contributed by atoms with Crippen LogP contribution in [0.4, 0.5) is 0 Å². The van der Waals surface area contributed by atoms with E-state index in [4.69, 9.17) is 0 Å². The third-order valence-corrected chi connectivity index (χ3v) is 5.34. The summed E-state index contributed by atoms with van der Waals surface area (Å²) in [5, 5.41) is 3.41. The molecule has 2 fully saturated rings. The molecule has 0 bridgehead atoms. The summed E-state index contributed by atoms with van der Waals surface area (Å²) in [6, 6.07) is 0. The second-order valence-corrected chi connectivity index (χ2v) is 6.33. The molecule has 16 heavy (non-hydrogen) atoms. The number of fused-ring (bicyclic) bond motifs is 1. The predicted molar refractivity (Wildman–Crippen MR) is 70.4 cm³/mol. The molecule has 0 aromatic heterocycles. The molecule has 1 nitrogen and oxygen atoms in total. The van der Waals surface area contributed by atoms with Crippen molar-refractivity contribution in [2.24, 2.45) is 23.2 Å². The Labute approximate surface area is 101 Å². The molecule has 2 saturated carbocycles. The monoisotopic (exact) mass is 221 g/mol. The van der Waals surface area contributed by atoms with E-state index in [0.29, 0.717) is 5.41 Å². The van der Waals surface area contributed by atoms with Gasteiger partial charge in [-0.15, -0.1) is 0 Å². The van der Waals surface area contributed by atoms with Gasteiger partial charge in [0.15, 0.2) is 0 Å². The summed E-state index contributed by atoms with van der Waals surface area (Å²) in [7, 11) is 2.10. The first-order chi connectivity index (χ1) is 7.58. The molecule has 0 radical (unpaired) electrons. The molecule has 2 rings (SSSR count). The lowest BCUT2D eigenvalue weighted by Gasteiger charge is -2.51. The highest BCUT2D eigenvalue weighted by molar-refractivity contribution is 5.10. The smallest absolute Gasteiger partial charge is 0.000492 e. The predicted octanol–water partition coefficient (Wildman–Crippen LogP) is 3.61. The van der Waals surface area contributed by atoms with Crippen molar-refractivity contribution in [1.29, 1.82) is 0 Å². The molecule has 0 aliphatic heterocycles. The maximum atomic E-state index is 4.26. The van der Waals surface area contributed by atoms with Crippen LogP contribution in [-0.4, -0.2) is 13.6 Å². The van der Waals surface area contributed by atoms with Crippen LogP contribution in [0.3, 0.4) is 0 Å². The Bertz CT molecular complexity index is 267. The van der Waals surface area contributed by atoms with Crippen molar-refractivity contribution in [2.45, 2.75) is 46.0 Å². The van der Waals surface area contributed by atoms with E-state index in [9.17, 15) is 0 Å². The van der Waals surface area contributed by atoms with Gasteiger partial charge in [0.2, 0.25) is 0 Å². The van der Waals surface area contributed by atoms with E-state index in [-0.39, 0.29) is 0 Å². The Morgan fingerprint density at radius 3 is 2.88 bits per heavy atom. The van der Waals surface area contributed by atoms with Gasteiger partial charge in [0.05, 0.1) is 0 Å². The summed E-state index contributed by atoms with van der Waals surface area (Å²) in [5.74, 6) is 2.60. The minimum atomic E-state index is 0.534. The highest BCUT2D eigenvalue weighted by atomic mass is 14.8. The molecule has 0 saturated heterocycles. The molecule has 0 heterocycles. The average molecular weight is 221 g/mol. The summed E-state index contributed by atoms with van der Waals surface area (Å²) in [5.41, 5.74) is 2.04. The SMILES string of the molecule is C=C1CCC2C(CCCC2(C)CNC)C1C. The lowest BCUT2D eigenvalue weighted by atomic mass is 9.54. The summed E-state index contributed by atoms with van der Waals surface area (Å²) in [6.07, 6.45) is 6.91. The fraction of sp³-hybridized carbons (Fsp3) is 0.867. The fourth-order valence-corrected chi connectivity index (χ4v) is 4.30. The Kier molecular flexibility index (Phi) is 3.44. The third kappa shape index (κ3) is 1.95. The van der Waals surface area contributed by atoms with Crippen LogP contribution in [0.15, 0.2) is 12.2 Å². The van der Waals surface area contributed by atoms with Gasteiger partial charge in [-0.2, -0.15) is 0 Å². The Hall–Kier alpha value is -0.300. The summed E-state index contributed by atoms with van der Waals surface area (Å²) < 4.78 is 0. The molecule has 0 amide bonds. The normalized spacial score (nSPS) is 44.2. The number of nitrogens with one attached hydrogen (secondary N) is 1. The Balaban J connectivity index is 2.17. The first kappa shape index (κ1) is 12.2. The second kappa shape index (κ2) is 4.52. The first-order valence-corrected chi connectivity index (χ1v) is 6.91. The van der Waals surface area contributed by atoms with Crippen LogP contribution in [0.5, 0.6) is 0 Å². The van der Waals surface area contributed by atoms with E-state index < -0.39 is 0 Å². The number of hydrogen-bond acceptors (Lipinski definition) is 1. The number of hydrogen-bond donors (Lipinski definition) is 1. The zero-order valence-corrected chi connectivity index (χ0v) is 11.2. The van der Waals surface area contributed by atoms with Crippen molar-refractivity contribution in [2.75, 3.05) is 13.6 Å². The van der Waals surface area contributed by atoms with E-state index in [2.05, 4.69) is 32.8 Å². The van der Waals surface area contributed by atoms with Gasteiger partial charge in [0, 0.05) is 6.54 Å². The van der Waals surface area contributed by atoms with Crippen molar-refractivity contribution in [3.8, 4) is 0 Å². The van der Waals surface area contributed by atoms with Gasteiger partial charge in [-0.25, -0.2) is 0 Å². The molecule has 4 atom stereocenters. The Morgan fingerprint density at radius 2 is 2.19 bits per heavy atom. The largest absolute Gasteiger partial charge is 0.319 e. The molecule has 2 aliphatic rings. The van der Waals surface area contributed by atoms with E-state index in [1.54, 1.807) is 0 Å². The van der Waals surface area contributed by atoms with Crippen molar-refractivity contribution in [3.63, 3.8) is 0 Å². The van der Waals surface area contributed by atoms with Gasteiger partial charge in [-0.05, 0) is 55.9 Å². The lowest BCUT2D eigenvalue weighted by Crippen LogP contribution is -2.46. The summed E-state index contributed by atoms with van der Waals surface area (Å²) in [4.78, 5) is 0. The van der Waals surface area contributed by atoms with Crippen molar-refractivity contribution >= 4 is 0 Å². The molecule has 1 N–H and O–H groups in total. The van der Waals surface area contributed by atoms with Crippen LogP contribution in [0, 0.1) is 23.2 Å². The first-order valence-electron chi connectivity index (χ1n) is 6.91. The van der Waals surface area contributed by atoms with Crippen LogP contribution >= 0.6 is 0 Å². The summed E-state index contributed by atoms with van der Waals surface area (Å²) in [6.45, 7) is 10.4. The van der Waals surface area contributed by atoms with Gasteiger partial charge >= 0.3 is 0 Å². The van der Waals surface area contributed by atoms with Gasteiger partial charge in [0.1, 0.15) is 0 Å². The number of rotatable bonds is 2. The van der Waals surface area contributed by atoms with Gasteiger partial charge in [-0.1, -0.05) is 32.4 Å². The van der Waals surface area contributed by atoms with Gasteiger partial charge < -0.3 is 5.32 Å². The zero-order chi connectivity index (χ0) is 11.8. The molecule has 4 unspecified atom stereocenters. The standard InChI is InChI=1S/C15H27N/c1-11-7-8-14-13(12(11)2)6-5-9-15(14,3)10-16-4/h12-14,16H,1,5-10H2,2-4H3. The minimum absolute atomic E-state index is 0.534. The lowest BCUT2D eigenvalue weighted by molar-refractivity contribution is 0.0175. The zero-order valence-electron chi connectivity index (χ0n) is 11.2. The topological polar surface area (TPSA) is 12.0 Å². The fourth-order valence-electron chi connectivity index (χ4n) is 4.30. The van der Waals surface area contributed by atoms with Gasteiger partial charge in [0.25, 0.3) is 0 Å². The molecule has 92 valence electrons. The molecular formula is C15H27N. The van der Waals surface area contributed by atoms with Crippen LogP contribution in [0.25, 0.3) is 0 Å². The molecule has 0 aromatic rings. The molecule has 1 heteroatoms. The van der Waals surface area contributed by atoms with Crippen LogP contribution in [-0.2, 0) is 0 Å². The van der Waals surface area contributed by atoms with Crippen molar-refractivity contribution in [1.82, 2.24) is 5.32 Å². The van der Waals surface area contributed by atoms with Crippen LogP contribution in [0.1, 0.15) is 46.0 Å². The maximum absolute atomic E-state index is 4.26. The van der Waals surface area contributed by atoms with Gasteiger partial charge in [-0.3, -0.25) is 0 Å². The van der Waals surface area contributed by atoms with E-state index in [0.717, 1.165) is 17.8 Å². The quantitative estimate of drug-likeness (QED) is 0.702. The van der Waals surface area contributed by atoms with Crippen LogP contribution < -0.4 is 5.32 Å². The van der Waals surface area contributed by atoms with Crippen molar-refractivity contribution in [3.05, 3.63) is 12.2 Å². The second-order valence-electron chi connectivity index (χ2n) is 6.33. The molecule has 0 spiro atoms. The van der Waals surface area contributed by atoms with Crippen LogP contribution in [0.2, 0.25) is 0 Å². The number of allylic oxidation sites excluding steroid dienone is 1. The molecule has 0 aromatic carbocycles. The maximum Gasteiger partial charge on any atom is 0.000492 e.